The topological polar surface area (TPSA) is 135 Å². The first kappa shape index (κ1) is 40.2. The van der Waals surface area contributed by atoms with E-state index in [1.54, 1.807) is 18.2 Å². The lowest BCUT2D eigenvalue weighted by atomic mass is 10.1. The minimum absolute atomic E-state index is 0.0874. The highest BCUT2D eigenvalue weighted by Gasteiger charge is 2.24. The van der Waals surface area contributed by atoms with Crippen LogP contribution in [0, 0.1) is 11.6 Å². The molecule has 4 aromatic carbocycles. The number of sulfone groups is 1. The standard InChI is InChI=1S/C21H21FN4O3S.C21H21FN4OS/c1-29-19-8-7-16(13-17(19)22)23-21-24-18(15-5-3-2-4-6-15)14-20(25-21)26-9-11-30(27,28)12-10-26;1-27-19-8-7-16(13-17(19)22)23-21-24-18(15-5-3-2-4-6-15)14-20(25-21)26-9-11-28-12-10-26/h2-8,13-14H,9-12H2,1H3,(H,23,24,25);2-8,13-14H,9-12H2,1H3,(H,23,24,25). The molecule has 2 fully saturated rings. The summed E-state index contributed by atoms with van der Waals surface area (Å²) in [4.78, 5) is 22.7. The van der Waals surface area contributed by atoms with Gasteiger partial charge in [-0.25, -0.2) is 27.2 Å². The van der Waals surface area contributed by atoms with Crippen molar-refractivity contribution in [2.75, 3.05) is 83.8 Å². The van der Waals surface area contributed by atoms with E-state index in [1.807, 2.05) is 89.5 Å². The summed E-state index contributed by atoms with van der Waals surface area (Å²) < 4.78 is 61.6. The van der Waals surface area contributed by atoms with Gasteiger partial charge in [0.25, 0.3) is 0 Å². The third-order valence-electron chi connectivity index (χ3n) is 9.38. The van der Waals surface area contributed by atoms with Crippen molar-refractivity contribution in [1.82, 2.24) is 19.9 Å². The summed E-state index contributed by atoms with van der Waals surface area (Å²) in [5.41, 5.74) is 4.48. The zero-order chi connectivity index (χ0) is 40.5. The fraction of sp³-hybridized carbons (Fsp3) is 0.238. The van der Waals surface area contributed by atoms with Gasteiger partial charge in [0.1, 0.15) is 11.6 Å². The largest absolute Gasteiger partial charge is 0.494 e. The summed E-state index contributed by atoms with van der Waals surface area (Å²) in [5.74, 6) is 4.00. The molecule has 58 heavy (non-hydrogen) atoms. The van der Waals surface area contributed by atoms with Gasteiger partial charge >= 0.3 is 0 Å². The van der Waals surface area contributed by atoms with Crippen LogP contribution in [0.15, 0.2) is 109 Å². The third kappa shape index (κ3) is 10.3. The van der Waals surface area contributed by atoms with Crippen molar-refractivity contribution in [3.8, 4) is 34.0 Å². The first-order valence-electron chi connectivity index (χ1n) is 18.5. The van der Waals surface area contributed by atoms with Crippen molar-refractivity contribution < 1.29 is 26.7 Å². The van der Waals surface area contributed by atoms with Gasteiger partial charge in [-0.2, -0.15) is 21.7 Å². The molecule has 2 N–H and O–H groups in total. The number of methoxy groups -OCH3 is 2. The summed E-state index contributed by atoms with van der Waals surface area (Å²) in [6.45, 7) is 2.63. The van der Waals surface area contributed by atoms with Crippen LogP contribution in [-0.2, 0) is 9.84 Å². The number of anilines is 6. The van der Waals surface area contributed by atoms with E-state index < -0.39 is 21.5 Å². The molecule has 0 unspecified atom stereocenters. The minimum Gasteiger partial charge on any atom is -0.494 e. The zero-order valence-electron chi connectivity index (χ0n) is 31.9. The third-order valence-corrected chi connectivity index (χ3v) is 11.9. The van der Waals surface area contributed by atoms with Crippen LogP contribution in [0.3, 0.4) is 0 Å². The number of hydrogen-bond acceptors (Lipinski definition) is 13. The van der Waals surface area contributed by atoms with E-state index in [9.17, 15) is 17.2 Å². The van der Waals surface area contributed by atoms with Gasteiger partial charge in [-0.1, -0.05) is 60.7 Å². The molecule has 6 aromatic rings. The normalized spacial score (nSPS) is 14.8. The smallest absolute Gasteiger partial charge is 0.229 e. The van der Waals surface area contributed by atoms with E-state index in [1.165, 1.54) is 32.4 Å². The van der Waals surface area contributed by atoms with Crippen molar-refractivity contribution in [2.24, 2.45) is 0 Å². The predicted octanol–water partition coefficient (Wildman–Crippen LogP) is 7.86. The monoisotopic (exact) mass is 824 g/mol. The number of rotatable bonds is 10. The van der Waals surface area contributed by atoms with Gasteiger partial charge in [-0.05, 0) is 24.3 Å². The summed E-state index contributed by atoms with van der Waals surface area (Å²) in [6.07, 6.45) is 0. The number of nitrogens with zero attached hydrogens (tertiary/aromatic N) is 6. The van der Waals surface area contributed by atoms with Gasteiger partial charge < -0.3 is 29.9 Å². The number of benzene rings is 4. The number of halogens is 2. The second kappa shape index (κ2) is 18.5. The fourth-order valence-corrected chi connectivity index (χ4v) is 8.40. The molecule has 0 saturated carbocycles. The summed E-state index contributed by atoms with van der Waals surface area (Å²) in [6, 6.07) is 32.7. The number of aromatic nitrogens is 4. The second-order valence-corrected chi connectivity index (χ2v) is 16.8. The predicted molar refractivity (Wildman–Crippen MR) is 228 cm³/mol. The highest BCUT2D eigenvalue weighted by atomic mass is 32.2. The van der Waals surface area contributed by atoms with Crippen LogP contribution in [0.2, 0.25) is 0 Å². The van der Waals surface area contributed by atoms with Crippen molar-refractivity contribution in [2.45, 2.75) is 0 Å². The van der Waals surface area contributed by atoms with Gasteiger partial charge in [0.05, 0.1) is 37.1 Å². The van der Waals surface area contributed by atoms with E-state index in [4.69, 9.17) is 14.5 Å². The first-order valence-corrected chi connectivity index (χ1v) is 21.5. The van der Waals surface area contributed by atoms with Crippen LogP contribution in [0.4, 0.5) is 43.7 Å². The van der Waals surface area contributed by atoms with Crippen LogP contribution < -0.4 is 29.9 Å². The summed E-state index contributed by atoms with van der Waals surface area (Å²) >= 11 is 1.95. The first-order chi connectivity index (χ1) is 28.2. The average Bonchev–Trinajstić information content (AvgIpc) is 3.25. The Kier molecular flexibility index (Phi) is 12.8. The van der Waals surface area contributed by atoms with Crippen LogP contribution in [-0.4, -0.2) is 91.8 Å². The molecule has 0 amide bonds. The quantitative estimate of drug-likeness (QED) is 0.139. The maximum atomic E-state index is 14.1. The van der Waals surface area contributed by atoms with Gasteiger partial charge in [-0.15, -0.1) is 0 Å². The fourth-order valence-electron chi connectivity index (χ4n) is 6.30. The van der Waals surface area contributed by atoms with Crippen molar-refractivity contribution in [3.05, 3.63) is 121 Å². The number of nitrogens with one attached hydrogen (secondary N) is 2. The highest BCUT2D eigenvalue weighted by molar-refractivity contribution is 7.99. The van der Waals surface area contributed by atoms with E-state index >= 15 is 0 Å². The zero-order valence-corrected chi connectivity index (χ0v) is 33.6. The lowest BCUT2D eigenvalue weighted by Gasteiger charge is -2.28. The Labute approximate surface area is 340 Å². The van der Waals surface area contributed by atoms with Gasteiger partial charge in [0.15, 0.2) is 33.0 Å². The molecule has 0 aliphatic carbocycles. The molecule has 0 spiro atoms. The Bertz CT molecular complexity index is 2430. The number of ether oxygens (including phenoxy) is 2. The van der Waals surface area contributed by atoms with Gasteiger partial charge in [0, 0.05) is 84.5 Å². The molecule has 12 nitrogen and oxygen atoms in total. The number of hydrogen-bond donors (Lipinski definition) is 2. The molecule has 2 aliphatic rings. The maximum Gasteiger partial charge on any atom is 0.229 e. The van der Waals surface area contributed by atoms with Crippen LogP contribution in [0.1, 0.15) is 0 Å². The maximum absolute atomic E-state index is 14.1. The van der Waals surface area contributed by atoms with Gasteiger partial charge in [0.2, 0.25) is 11.9 Å². The van der Waals surface area contributed by atoms with E-state index in [-0.39, 0.29) is 23.0 Å². The molecule has 2 aliphatic heterocycles. The molecule has 2 aromatic heterocycles. The molecular formula is C42H42F2N8O4S2. The molecular weight excluding hydrogens is 783 g/mol. The molecule has 16 heteroatoms. The number of thioether (sulfide) groups is 1. The Morgan fingerprint density at radius 1 is 0.586 bits per heavy atom. The van der Waals surface area contributed by atoms with Crippen LogP contribution in [0.5, 0.6) is 11.5 Å². The van der Waals surface area contributed by atoms with E-state index in [0.717, 1.165) is 47.2 Å². The van der Waals surface area contributed by atoms with Crippen LogP contribution in [0.25, 0.3) is 22.5 Å². The van der Waals surface area contributed by atoms with E-state index in [2.05, 4.69) is 30.5 Å². The Morgan fingerprint density at radius 3 is 1.43 bits per heavy atom. The molecule has 0 bridgehead atoms. The van der Waals surface area contributed by atoms with Crippen LogP contribution >= 0.6 is 11.8 Å². The highest BCUT2D eigenvalue weighted by Crippen LogP contribution is 2.30. The Morgan fingerprint density at radius 2 is 1.02 bits per heavy atom. The van der Waals surface area contributed by atoms with Gasteiger partial charge in [-0.3, -0.25) is 0 Å². The summed E-state index contributed by atoms with van der Waals surface area (Å²) in [7, 11) is -0.159. The summed E-state index contributed by atoms with van der Waals surface area (Å²) in [5, 5.41) is 6.18. The lowest BCUT2D eigenvalue weighted by molar-refractivity contribution is 0.386. The molecule has 300 valence electrons. The molecule has 0 atom stereocenters. The van der Waals surface area contributed by atoms with Crippen molar-refractivity contribution in [3.63, 3.8) is 0 Å². The Balaban J connectivity index is 0.000000177. The average molecular weight is 825 g/mol. The van der Waals surface area contributed by atoms with Crippen molar-refractivity contribution in [1.29, 1.82) is 0 Å². The van der Waals surface area contributed by atoms with E-state index in [0.29, 0.717) is 47.9 Å². The SMILES string of the molecule is COc1ccc(Nc2nc(-c3ccccc3)cc(N3CCS(=O)(=O)CC3)n2)cc1F.COc1ccc(Nc2nc(-c3ccccc3)cc(N3CCSCC3)n2)cc1F. The second-order valence-electron chi connectivity index (χ2n) is 13.3. The molecule has 4 heterocycles. The molecule has 8 rings (SSSR count). The van der Waals surface area contributed by atoms with Crippen molar-refractivity contribution >= 4 is 56.5 Å². The molecule has 0 radical (unpaired) electrons. The minimum atomic E-state index is -3.01. The lowest BCUT2D eigenvalue weighted by Crippen LogP contribution is -2.40. The Hall–Kier alpha value is -6.00. The molecule has 2 saturated heterocycles.